The van der Waals surface area contributed by atoms with Gasteiger partial charge in [-0.15, -0.1) is 0 Å². The van der Waals surface area contributed by atoms with Crippen molar-refractivity contribution in [2.75, 3.05) is 0 Å². The highest BCUT2D eigenvalue weighted by Crippen LogP contribution is 2.36. The molecule has 1 aliphatic heterocycles. The third kappa shape index (κ3) is 2.51. The second-order valence-corrected chi connectivity index (χ2v) is 5.83. The number of nitrogens with zero attached hydrogens (tertiary/aromatic N) is 1. The standard InChI is InChI=1S/C13H18BF2NO2/c1-8-10(6-9(7-17-8)11(15)16)14-18-12(2,3)13(4,5)19-14/h6-7,11H,1-5H3. The smallest absolute Gasteiger partial charge is 0.399 e. The molecule has 0 aliphatic carbocycles. The lowest BCUT2D eigenvalue weighted by Crippen LogP contribution is -2.41. The average Bonchev–Trinajstić information content (AvgIpc) is 2.48. The molecule has 6 heteroatoms. The summed E-state index contributed by atoms with van der Waals surface area (Å²) in [6.07, 6.45) is -1.36. The molecule has 3 nitrogen and oxygen atoms in total. The Morgan fingerprint density at radius 2 is 1.68 bits per heavy atom. The van der Waals surface area contributed by atoms with E-state index in [9.17, 15) is 8.78 Å². The lowest BCUT2D eigenvalue weighted by atomic mass is 9.77. The Morgan fingerprint density at radius 3 is 2.16 bits per heavy atom. The summed E-state index contributed by atoms with van der Waals surface area (Å²) in [6.45, 7) is 9.45. The molecule has 104 valence electrons. The number of pyridine rings is 1. The normalized spacial score (nSPS) is 21.2. The second-order valence-electron chi connectivity index (χ2n) is 5.83. The van der Waals surface area contributed by atoms with Crippen molar-refractivity contribution in [1.29, 1.82) is 0 Å². The van der Waals surface area contributed by atoms with E-state index in [4.69, 9.17) is 9.31 Å². The van der Waals surface area contributed by atoms with Crippen LogP contribution in [0.5, 0.6) is 0 Å². The highest BCUT2D eigenvalue weighted by molar-refractivity contribution is 6.62. The summed E-state index contributed by atoms with van der Waals surface area (Å²) < 4.78 is 37.2. The molecule has 0 unspecified atom stereocenters. The van der Waals surface area contributed by atoms with Crippen molar-refractivity contribution in [3.63, 3.8) is 0 Å². The molecule has 0 radical (unpaired) electrons. The third-order valence-corrected chi connectivity index (χ3v) is 3.91. The zero-order valence-corrected chi connectivity index (χ0v) is 11.8. The minimum Gasteiger partial charge on any atom is -0.399 e. The summed E-state index contributed by atoms with van der Waals surface area (Å²) >= 11 is 0. The van der Waals surface area contributed by atoms with Crippen molar-refractivity contribution in [3.05, 3.63) is 23.5 Å². The van der Waals surface area contributed by atoms with E-state index in [0.717, 1.165) is 0 Å². The topological polar surface area (TPSA) is 31.4 Å². The molecule has 1 fully saturated rings. The molecular weight excluding hydrogens is 251 g/mol. The first kappa shape index (κ1) is 14.4. The summed E-state index contributed by atoms with van der Waals surface area (Å²) in [5.74, 6) is 0. The third-order valence-electron chi connectivity index (χ3n) is 3.91. The fraction of sp³-hybridized carbons (Fsp3) is 0.615. The van der Waals surface area contributed by atoms with Crippen LogP contribution in [0.1, 0.15) is 45.4 Å². The van der Waals surface area contributed by atoms with Crippen LogP contribution in [0, 0.1) is 6.92 Å². The molecular formula is C13H18BF2NO2. The number of hydrogen-bond acceptors (Lipinski definition) is 3. The van der Waals surface area contributed by atoms with Crippen LogP contribution in [0.2, 0.25) is 0 Å². The number of rotatable bonds is 2. The monoisotopic (exact) mass is 269 g/mol. The van der Waals surface area contributed by atoms with Crippen LogP contribution in [0.25, 0.3) is 0 Å². The lowest BCUT2D eigenvalue weighted by Gasteiger charge is -2.32. The van der Waals surface area contributed by atoms with E-state index in [1.807, 2.05) is 27.7 Å². The number of hydrogen-bond donors (Lipinski definition) is 0. The van der Waals surface area contributed by atoms with E-state index >= 15 is 0 Å². The Morgan fingerprint density at radius 1 is 1.16 bits per heavy atom. The molecule has 0 saturated carbocycles. The molecule has 0 spiro atoms. The van der Waals surface area contributed by atoms with Gasteiger partial charge in [-0.3, -0.25) is 4.98 Å². The van der Waals surface area contributed by atoms with Crippen LogP contribution in [0.15, 0.2) is 12.3 Å². The van der Waals surface area contributed by atoms with Gasteiger partial charge < -0.3 is 9.31 Å². The van der Waals surface area contributed by atoms with E-state index < -0.39 is 24.7 Å². The molecule has 0 atom stereocenters. The van der Waals surface area contributed by atoms with Gasteiger partial charge in [0.2, 0.25) is 0 Å². The molecule has 0 bridgehead atoms. The van der Waals surface area contributed by atoms with E-state index in [-0.39, 0.29) is 5.56 Å². The van der Waals surface area contributed by atoms with Gasteiger partial charge in [0.15, 0.2) is 0 Å². The van der Waals surface area contributed by atoms with Gasteiger partial charge in [0.05, 0.1) is 11.2 Å². The quantitative estimate of drug-likeness (QED) is 0.773. The molecule has 2 heterocycles. The minimum atomic E-state index is -2.55. The maximum Gasteiger partial charge on any atom is 0.496 e. The van der Waals surface area contributed by atoms with Crippen molar-refractivity contribution in [2.45, 2.75) is 52.2 Å². The first-order valence-electron chi connectivity index (χ1n) is 6.24. The zero-order valence-electron chi connectivity index (χ0n) is 11.8. The molecule has 1 aromatic rings. The molecule has 2 rings (SSSR count). The maximum atomic E-state index is 12.7. The molecule has 1 aliphatic rings. The first-order valence-corrected chi connectivity index (χ1v) is 6.24. The van der Waals surface area contributed by atoms with Crippen molar-refractivity contribution >= 4 is 12.6 Å². The van der Waals surface area contributed by atoms with E-state index in [1.54, 1.807) is 6.92 Å². The minimum absolute atomic E-state index is 0.115. The van der Waals surface area contributed by atoms with E-state index in [0.29, 0.717) is 11.2 Å². The second kappa shape index (κ2) is 4.53. The molecule has 19 heavy (non-hydrogen) atoms. The van der Waals surface area contributed by atoms with E-state index in [1.165, 1.54) is 12.3 Å². The fourth-order valence-corrected chi connectivity index (χ4v) is 1.90. The van der Waals surface area contributed by atoms with Crippen LogP contribution in [-0.4, -0.2) is 23.3 Å². The summed E-state index contributed by atoms with van der Waals surface area (Å²) in [5.41, 5.74) is 0.102. The number of aryl methyl sites for hydroxylation is 1. The van der Waals surface area contributed by atoms with E-state index in [2.05, 4.69) is 4.98 Å². The first-order chi connectivity index (χ1) is 8.64. The van der Waals surface area contributed by atoms with Crippen molar-refractivity contribution < 1.29 is 18.1 Å². The van der Waals surface area contributed by atoms with Crippen LogP contribution < -0.4 is 5.46 Å². The molecule has 0 aromatic carbocycles. The molecule has 1 aromatic heterocycles. The van der Waals surface area contributed by atoms with Crippen LogP contribution in [-0.2, 0) is 9.31 Å². The number of aromatic nitrogens is 1. The Bertz CT molecular complexity index is 476. The van der Waals surface area contributed by atoms with Crippen LogP contribution in [0.3, 0.4) is 0 Å². The van der Waals surface area contributed by atoms with Gasteiger partial charge in [-0.1, -0.05) is 6.07 Å². The summed E-state index contributed by atoms with van der Waals surface area (Å²) in [6, 6.07) is 1.41. The van der Waals surface area contributed by atoms with Crippen LogP contribution in [0.4, 0.5) is 8.78 Å². The van der Waals surface area contributed by atoms with Gasteiger partial charge in [0.1, 0.15) is 0 Å². The van der Waals surface area contributed by atoms with Crippen molar-refractivity contribution in [2.24, 2.45) is 0 Å². The molecule has 1 saturated heterocycles. The van der Waals surface area contributed by atoms with Crippen LogP contribution >= 0.6 is 0 Å². The highest BCUT2D eigenvalue weighted by Gasteiger charge is 2.52. The summed E-state index contributed by atoms with van der Waals surface area (Å²) in [4.78, 5) is 4.00. The Balaban J connectivity index is 2.36. The zero-order chi connectivity index (χ0) is 14.4. The van der Waals surface area contributed by atoms with Gasteiger partial charge in [-0.05, 0) is 34.6 Å². The van der Waals surface area contributed by atoms with Gasteiger partial charge >= 0.3 is 7.12 Å². The predicted molar refractivity (Wildman–Crippen MR) is 69.6 cm³/mol. The summed E-state index contributed by atoms with van der Waals surface area (Å²) in [7, 11) is -0.656. The lowest BCUT2D eigenvalue weighted by molar-refractivity contribution is 0.00578. The van der Waals surface area contributed by atoms with Gasteiger partial charge in [-0.25, -0.2) is 8.78 Å². The van der Waals surface area contributed by atoms with Gasteiger partial charge in [-0.2, -0.15) is 0 Å². The Labute approximate surface area is 112 Å². The van der Waals surface area contributed by atoms with Gasteiger partial charge in [0.25, 0.3) is 6.43 Å². The predicted octanol–water partition coefficient (Wildman–Crippen LogP) is 2.63. The molecule has 0 N–H and O–H groups in total. The Hall–Kier alpha value is -1.01. The van der Waals surface area contributed by atoms with Gasteiger partial charge in [0, 0.05) is 22.9 Å². The largest absolute Gasteiger partial charge is 0.496 e. The van der Waals surface area contributed by atoms with Crippen molar-refractivity contribution in [3.8, 4) is 0 Å². The Kier molecular flexibility index (Phi) is 3.43. The van der Waals surface area contributed by atoms with Crippen molar-refractivity contribution in [1.82, 2.24) is 4.98 Å². The molecule has 0 amide bonds. The summed E-state index contributed by atoms with van der Waals surface area (Å²) in [5, 5.41) is 0. The number of alkyl halides is 2. The SMILES string of the molecule is Cc1ncc(C(F)F)cc1B1OC(C)(C)C(C)(C)O1. The fourth-order valence-electron chi connectivity index (χ4n) is 1.90. The average molecular weight is 269 g/mol. The number of halogens is 2. The highest BCUT2D eigenvalue weighted by atomic mass is 19.3. The maximum absolute atomic E-state index is 12.7.